The molecule has 118 valence electrons. The maximum Gasteiger partial charge on any atom is 0.416 e. The summed E-state index contributed by atoms with van der Waals surface area (Å²) in [5, 5.41) is 0.265. The highest BCUT2D eigenvalue weighted by molar-refractivity contribution is 5.80. The van der Waals surface area contributed by atoms with Crippen LogP contribution >= 0.6 is 0 Å². The maximum atomic E-state index is 12.6. The largest absolute Gasteiger partial charge is 0.497 e. The number of methoxy groups -OCH3 is 1. The zero-order chi connectivity index (χ0) is 16.6. The average Bonchev–Trinajstić information content (AvgIpc) is 2.53. The summed E-state index contributed by atoms with van der Waals surface area (Å²) >= 11 is 0. The number of benzene rings is 2. The number of rotatable bonds is 2. The minimum absolute atomic E-state index is 0.0514. The molecule has 23 heavy (non-hydrogen) atoms. The lowest BCUT2D eigenvalue weighted by atomic mass is 10.1. The van der Waals surface area contributed by atoms with Gasteiger partial charge in [0.2, 0.25) is 5.89 Å². The van der Waals surface area contributed by atoms with Crippen LogP contribution in [-0.4, -0.2) is 12.1 Å². The van der Waals surface area contributed by atoms with Crippen molar-refractivity contribution in [2.45, 2.75) is 6.18 Å². The van der Waals surface area contributed by atoms with Crippen LogP contribution in [0.5, 0.6) is 5.75 Å². The molecule has 0 saturated carbocycles. The Morgan fingerprint density at radius 2 is 1.78 bits per heavy atom. The first kappa shape index (κ1) is 15.1. The Labute approximate surface area is 128 Å². The molecule has 0 radical (unpaired) electrons. The lowest BCUT2D eigenvalue weighted by molar-refractivity contribution is -0.137. The van der Waals surface area contributed by atoms with Crippen LogP contribution in [0.4, 0.5) is 13.2 Å². The lowest BCUT2D eigenvalue weighted by Crippen LogP contribution is -2.05. The fourth-order valence-electron chi connectivity index (χ4n) is 2.10. The first-order valence-corrected chi connectivity index (χ1v) is 6.55. The molecule has 4 nitrogen and oxygen atoms in total. The molecule has 0 N–H and O–H groups in total. The molecule has 2 aromatic carbocycles. The minimum atomic E-state index is -4.43. The monoisotopic (exact) mass is 321 g/mol. The molecule has 0 bridgehead atoms. The van der Waals surface area contributed by atoms with Gasteiger partial charge in [-0.25, -0.2) is 9.78 Å². The van der Waals surface area contributed by atoms with Gasteiger partial charge < -0.3 is 9.15 Å². The molecule has 7 heteroatoms. The van der Waals surface area contributed by atoms with Crippen molar-refractivity contribution in [1.82, 2.24) is 4.98 Å². The van der Waals surface area contributed by atoms with Gasteiger partial charge in [0.05, 0.1) is 23.6 Å². The van der Waals surface area contributed by atoms with Gasteiger partial charge in [-0.2, -0.15) is 13.2 Å². The van der Waals surface area contributed by atoms with Gasteiger partial charge in [-0.3, -0.25) is 0 Å². The van der Waals surface area contributed by atoms with E-state index in [1.807, 2.05) is 0 Å². The number of nitrogens with zero attached hydrogens (tertiary/aromatic N) is 1. The van der Waals surface area contributed by atoms with Gasteiger partial charge >= 0.3 is 11.8 Å². The fourth-order valence-corrected chi connectivity index (χ4v) is 2.10. The molecule has 0 spiro atoms. The molecule has 0 aliphatic rings. The van der Waals surface area contributed by atoms with Gasteiger partial charge in [-0.05, 0) is 36.4 Å². The number of ether oxygens (including phenoxy) is 1. The second-order valence-corrected chi connectivity index (χ2v) is 4.76. The number of aromatic nitrogens is 1. The van der Waals surface area contributed by atoms with Gasteiger partial charge in [0.15, 0.2) is 0 Å². The molecule has 1 aromatic heterocycles. The van der Waals surface area contributed by atoms with Crippen LogP contribution in [0.3, 0.4) is 0 Å². The zero-order valence-electron chi connectivity index (χ0n) is 11.8. The summed E-state index contributed by atoms with van der Waals surface area (Å²) in [6, 6.07) is 8.90. The number of hydrogen-bond donors (Lipinski definition) is 0. The smallest absolute Gasteiger partial charge is 0.416 e. The minimum Gasteiger partial charge on any atom is -0.497 e. The molecule has 1 heterocycles. The van der Waals surface area contributed by atoms with Gasteiger partial charge in [0, 0.05) is 11.6 Å². The van der Waals surface area contributed by atoms with Crippen LogP contribution in [0.2, 0.25) is 0 Å². The number of fused-ring (bicyclic) bond motifs is 1. The summed E-state index contributed by atoms with van der Waals surface area (Å²) in [4.78, 5) is 16.2. The standard InChI is InChI=1S/C16H10F3NO3/c1-22-11-6-7-12-13(8-11)20-14(23-15(12)21)9-2-4-10(5-3-9)16(17,18)19/h2-8H,1H3. The van der Waals surface area contributed by atoms with Crippen LogP contribution in [0, 0.1) is 0 Å². The maximum absolute atomic E-state index is 12.6. The van der Waals surface area contributed by atoms with E-state index in [1.54, 1.807) is 12.1 Å². The van der Waals surface area contributed by atoms with Crippen LogP contribution in [0.15, 0.2) is 51.7 Å². The third-order valence-electron chi connectivity index (χ3n) is 3.30. The van der Waals surface area contributed by atoms with E-state index in [0.29, 0.717) is 11.3 Å². The van der Waals surface area contributed by atoms with E-state index < -0.39 is 17.4 Å². The topological polar surface area (TPSA) is 52.3 Å². The summed E-state index contributed by atoms with van der Waals surface area (Å²) in [5.41, 5.74) is -0.783. The second-order valence-electron chi connectivity index (χ2n) is 4.76. The highest BCUT2D eigenvalue weighted by Crippen LogP contribution is 2.30. The lowest BCUT2D eigenvalue weighted by Gasteiger charge is -2.07. The third-order valence-corrected chi connectivity index (χ3v) is 3.30. The first-order valence-electron chi connectivity index (χ1n) is 6.55. The van der Waals surface area contributed by atoms with E-state index in [4.69, 9.17) is 9.15 Å². The van der Waals surface area contributed by atoms with Crippen molar-refractivity contribution in [3.8, 4) is 17.2 Å². The number of hydrogen-bond acceptors (Lipinski definition) is 4. The van der Waals surface area contributed by atoms with Crippen molar-refractivity contribution in [3.05, 3.63) is 58.4 Å². The predicted octanol–water partition coefficient (Wildman–Crippen LogP) is 3.88. The quantitative estimate of drug-likeness (QED) is 0.719. The van der Waals surface area contributed by atoms with Crippen molar-refractivity contribution in [2.75, 3.05) is 7.11 Å². The van der Waals surface area contributed by atoms with Gasteiger partial charge in [-0.15, -0.1) is 0 Å². The Hall–Kier alpha value is -2.83. The Bertz CT molecular complexity index is 914. The first-order chi connectivity index (χ1) is 10.9. The van der Waals surface area contributed by atoms with Gasteiger partial charge in [0.25, 0.3) is 0 Å². The molecule has 0 aliphatic carbocycles. The van der Waals surface area contributed by atoms with E-state index in [1.165, 1.54) is 25.3 Å². The van der Waals surface area contributed by atoms with Crippen molar-refractivity contribution < 1.29 is 22.3 Å². The van der Waals surface area contributed by atoms with Crippen LogP contribution < -0.4 is 10.4 Å². The SMILES string of the molecule is COc1ccc2c(=O)oc(-c3ccc(C(F)(F)F)cc3)nc2c1. The predicted molar refractivity (Wildman–Crippen MR) is 77.3 cm³/mol. The average molecular weight is 321 g/mol. The van der Waals surface area contributed by atoms with E-state index in [-0.39, 0.29) is 16.8 Å². The third kappa shape index (κ3) is 2.90. The summed E-state index contributed by atoms with van der Waals surface area (Å²) in [6.07, 6.45) is -4.43. The highest BCUT2D eigenvalue weighted by Gasteiger charge is 2.30. The van der Waals surface area contributed by atoms with E-state index in [9.17, 15) is 18.0 Å². The molecule has 0 fully saturated rings. The Morgan fingerprint density at radius 3 is 2.39 bits per heavy atom. The molecular weight excluding hydrogens is 311 g/mol. The number of halogens is 3. The summed E-state index contributed by atoms with van der Waals surface area (Å²) in [7, 11) is 1.48. The summed E-state index contributed by atoms with van der Waals surface area (Å²) in [5.74, 6) is 0.457. The molecule has 3 aromatic rings. The van der Waals surface area contributed by atoms with E-state index in [0.717, 1.165) is 12.1 Å². The van der Waals surface area contributed by atoms with Gasteiger partial charge in [-0.1, -0.05) is 0 Å². The molecule has 3 rings (SSSR count). The molecule has 0 atom stereocenters. The number of alkyl halides is 3. The van der Waals surface area contributed by atoms with Crippen LogP contribution in [0.25, 0.3) is 22.4 Å². The van der Waals surface area contributed by atoms with E-state index >= 15 is 0 Å². The van der Waals surface area contributed by atoms with Crippen molar-refractivity contribution in [2.24, 2.45) is 0 Å². The second kappa shape index (κ2) is 5.42. The summed E-state index contributed by atoms with van der Waals surface area (Å²) < 4.78 is 47.9. The molecule has 0 saturated heterocycles. The Morgan fingerprint density at radius 1 is 1.09 bits per heavy atom. The van der Waals surface area contributed by atoms with Gasteiger partial charge in [0.1, 0.15) is 5.75 Å². The fraction of sp³-hybridized carbons (Fsp3) is 0.125. The Kier molecular flexibility index (Phi) is 3.55. The zero-order valence-corrected chi connectivity index (χ0v) is 11.8. The molecule has 0 amide bonds. The highest BCUT2D eigenvalue weighted by atomic mass is 19.4. The van der Waals surface area contributed by atoms with Crippen molar-refractivity contribution in [1.29, 1.82) is 0 Å². The van der Waals surface area contributed by atoms with E-state index in [2.05, 4.69) is 4.98 Å². The van der Waals surface area contributed by atoms with Crippen molar-refractivity contribution >= 4 is 10.9 Å². The van der Waals surface area contributed by atoms with Crippen LogP contribution in [0.1, 0.15) is 5.56 Å². The van der Waals surface area contributed by atoms with Crippen molar-refractivity contribution in [3.63, 3.8) is 0 Å². The Balaban J connectivity index is 2.11. The molecular formula is C16H10F3NO3. The van der Waals surface area contributed by atoms with Crippen LogP contribution in [-0.2, 0) is 6.18 Å². The molecule has 0 unspecified atom stereocenters. The normalized spacial score (nSPS) is 11.7. The molecule has 0 aliphatic heterocycles. The summed E-state index contributed by atoms with van der Waals surface area (Å²) in [6.45, 7) is 0.